The molecule has 1 amide bonds. The van der Waals surface area contributed by atoms with E-state index in [0.717, 1.165) is 16.7 Å². The van der Waals surface area contributed by atoms with Crippen LogP contribution in [0.3, 0.4) is 0 Å². The number of hydrogen-bond acceptors (Lipinski definition) is 2. The van der Waals surface area contributed by atoms with Gasteiger partial charge in [0.2, 0.25) is 5.91 Å². The molecule has 0 heterocycles. The largest absolute Gasteiger partial charge is 0.387 e. The van der Waals surface area contributed by atoms with Crippen LogP contribution >= 0.6 is 0 Å². The number of aliphatic hydroxyl groups is 1. The highest BCUT2D eigenvalue weighted by Gasteiger charge is 2.10. The molecule has 114 valence electrons. The van der Waals surface area contributed by atoms with Crippen molar-refractivity contribution in [1.82, 2.24) is 5.32 Å². The average molecular weight is 299 g/mol. The smallest absolute Gasteiger partial charge is 0.244 e. The van der Waals surface area contributed by atoms with Crippen LogP contribution in [-0.2, 0) is 4.79 Å². The first-order valence-corrected chi connectivity index (χ1v) is 7.01. The molecule has 2 aromatic carbocycles. The molecule has 0 fully saturated rings. The summed E-state index contributed by atoms with van der Waals surface area (Å²) in [5.74, 6) is -0.625. The van der Waals surface area contributed by atoms with E-state index in [1.54, 1.807) is 18.2 Å². The Labute approximate surface area is 129 Å². The van der Waals surface area contributed by atoms with E-state index in [0.29, 0.717) is 0 Å². The van der Waals surface area contributed by atoms with Crippen molar-refractivity contribution in [2.75, 3.05) is 6.54 Å². The summed E-state index contributed by atoms with van der Waals surface area (Å²) in [4.78, 5) is 11.7. The van der Waals surface area contributed by atoms with Crippen LogP contribution in [0.1, 0.15) is 22.8 Å². The minimum Gasteiger partial charge on any atom is -0.387 e. The van der Waals surface area contributed by atoms with Gasteiger partial charge in [-0.05, 0) is 41.8 Å². The lowest BCUT2D eigenvalue weighted by Crippen LogP contribution is -2.26. The van der Waals surface area contributed by atoms with Gasteiger partial charge in [-0.15, -0.1) is 0 Å². The summed E-state index contributed by atoms with van der Waals surface area (Å²) in [5, 5.41) is 12.7. The van der Waals surface area contributed by atoms with E-state index in [-0.39, 0.29) is 18.3 Å². The Kier molecular flexibility index (Phi) is 5.44. The van der Waals surface area contributed by atoms with Gasteiger partial charge in [-0.3, -0.25) is 4.79 Å². The van der Waals surface area contributed by atoms with Crippen molar-refractivity contribution in [2.45, 2.75) is 13.0 Å². The van der Waals surface area contributed by atoms with Crippen LogP contribution in [0.25, 0.3) is 6.08 Å². The van der Waals surface area contributed by atoms with Crippen LogP contribution in [0.15, 0.2) is 54.6 Å². The van der Waals surface area contributed by atoms with Gasteiger partial charge in [-0.25, -0.2) is 4.39 Å². The number of nitrogens with one attached hydrogen (secondary N) is 1. The lowest BCUT2D eigenvalue weighted by atomic mass is 10.0. The molecule has 2 rings (SSSR count). The van der Waals surface area contributed by atoms with Crippen LogP contribution in [-0.4, -0.2) is 17.6 Å². The lowest BCUT2D eigenvalue weighted by Gasteiger charge is -2.13. The van der Waals surface area contributed by atoms with Crippen molar-refractivity contribution in [3.05, 3.63) is 77.1 Å². The number of aryl methyl sites for hydroxylation is 1. The zero-order chi connectivity index (χ0) is 15.9. The number of hydrogen-bond donors (Lipinski definition) is 2. The van der Waals surface area contributed by atoms with Gasteiger partial charge in [-0.2, -0.15) is 0 Å². The molecule has 2 N–H and O–H groups in total. The van der Waals surface area contributed by atoms with E-state index in [1.165, 1.54) is 18.2 Å². The zero-order valence-electron chi connectivity index (χ0n) is 12.3. The van der Waals surface area contributed by atoms with Crippen molar-refractivity contribution in [2.24, 2.45) is 0 Å². The number of rotatable bonds is 5. The molecule has 0 aliphatic carbocycles. The molecule has 3 nitrogen and oxygen atoms in total. The predicted molar refractivity (Wildman–Crippen MR) is 84.6 cm³/mol. The molecule has 0 aromatic heterocycles. The molecule has 0 spiro atoms. The Morgan fingerprint density at radius 1 is 1.23 bits per heavy atom. The minimum absolute atomic E-state index is 0.136. The highest BCUT2D eigenvalue weighted by Crippen LogP contribution is 2.16. The van der Waals surface area contributed by atoms with Crippen LogP contribution in [0, 0.1) is 12.7 Å². The van der Waals surface area contributed by atoms with Crippen molar-refractivity contribution >= 4 is 12.0 Å². The third kappa shape index (κ3) is 4.53. The highest BCUT2D eigenvalue weighted by atomic mass is 19.1. The third-order valence-electron chi connectivity index (χ3n) is 3.31. The fourth-order valence-corrected chi connectivity index (χ4v) is 2.07. The first-order chi connectivity index (χ1) is 10.6. The quantitative estimate of drug-likeness (QED) is 0.834. The predicted octanol–water partition coefficient (Wildman–Crippen LogP) is 3.00. The molecule has 1 unspecified atom stereocenters. The second kappa shape index (κ2) is 7.52. The van der Waals surface area contributed by atoms with Crippen LogP contribution < -0.4 is 5.32 Å². The first kappa shape index (κ1) is 15.9. The van der Waals surface area contributed by atoms with Gasteiger partial charge in [0.25, 0.3) is 0 Å². The fourth-order valence-electron chi connectivity index (χ4n) is 2.07. The molecule has 0 aliphatic heterocycles. The molecule has 2 aromatic rings. The van der Waals surface area contributed by atoms with E-state index in [9.17, 15) is 14.3 Å². The Morgan fingerprint density at radius 3 is 2.59 bits per heavy atom. The maximum atomic E-state index is 12.8. The molecular weight excluding hydrogens is 281 g/mol. The van der Waals surface area contributed by atoms with Gasteiger partial charge < -0.3 is 10.4 Å². The van der Waals surface area contributed by atoms with E-state index in [1.807, 2.05) is 31.2 Å². The van der Waals surface area contributed by atoms with E-state index >= 15 is 0 Å². The van der Waals surface area contributed by atoms with E-state index in [2.05, 4.69) is 5.32 Å². The van der Waals surface area contributed by atoms with E-state index < -0.39 is 6.10 Å². The second-order valence-corrected chi connectivity index (χ2v) is 5.00. The number of amides is 1. The summed E-state index contributed by atoms with van der Waals surface area (Å²) in [5.41, 5.74) is 2.51. The van der Waals surface area contributed by atoms with Crippen molar-refractivity contribution in [3.63, 3.8) is 0 Å². The van der Waals surface area contributed by atoms with Crippen LogP contribution in [0.5, 0.6) is 0 Å². The van der Waals surface area contributed by atoms with Gasteiger partial charge in [0, 0.05) is 12.6 Å². The van der Waals surface area contributed by atoms with Crippen molar-refractivity contribution < 1.29 is 14.3 Å². The molecule has 0 saturated heterocycles. The first-order valence-electron chi connectivity index (χ1n) is 7.01. The topological polar surface area (TPSA) is 49.3 Å². The summed E-state index contributed by atoms with van der Waals surface area (Å²) >= 11 is 0. The number of halogens is 1. The Bertz CT molecular complexity index is 665. The zero-order valence-corrected chi connectivity index (χ0v) is 12.3. The maximum absolute atomic E-state index is 12.8. The Hall–Kier alpha value is -2.46. The van der Waals surface area contributed by atoms with Gasteiger partial charge in [0.05, 0.1) is 6.10 Å². The van der Waals surface area contributed by atoms with Crippen molar-refractivity contribution in [1.29, 1.82) is 0 Å². The number of benzene rings is 2. The van der Waals surface area contributed by atoms with Gasteiger partial charge in [0.15, 0.2) is 0 Å². The van der Waals surface area contributed by atoms with Crippen LogP contribution in [0.2, 0.25) is 0 Å². The Balaban J connectivity index is 1.87. The molecule has 1 atom stereocenters. The molecular formula is C18H18FNO2. The number of carbonyl (C=O) groups excluding carboxylic acids is 1. The van der Waals surface area contributed by atoms with Gasteiger partial charge in [-0.1, -0.05) is 36.4 Å². The summed E-state index contributed by atoms with van der Waals surface area (Å²) in [6.45, 7) is 2.05. The SMILES string of the molecule is Cc1ccccc1C(O)CNC(=O)/C=C/c1ccc(F)cc1. The molecule has 22 heavy (non-hydrogen) atoms. The van der Waals surface area contributed by atoms with Crippen molar-refractivity contribution in [3.8, 4) is 0 Å². The monoisotopic (exact) mass is 299 g/mol. The highest BCUT2D eigenvalue weighted by molar-refractivity contribution is 5.91. The molecule has 4 heteroatoms. The molecule has 0 bridgehead atoms. The molecule has 0 radical (unpaired) electrons. The second-order valence-electron chi connectivity index (χ2n) is 5.00. The summed E-state index contributed by atoms with van der Waals surface area (Å²) in [7, 11) is 0. The van der Waals surface area contributed by atoms with Crippen LogP contribution in [0.4, 0.5) is 4.39 Å². The molecule has 0 aliphatic rings. The van der Waals surface area contributed by atoms with Gasteiger partial charge >= 0.3 is 0 Å². The minimum atomic E-state index is -0.746. The molecule has 0 saturated carbocycles. The number of carbonyl (C=O) groups is 1. The fraction of sp³-hybridized carbons (Fsp3) is 0.167. The third-order valence-corrected chi connectivity index (χ3v) is 3.31. The average Bonchev–Trinajstić information content (AvgIpc) is 2.52. The summed E-state index contributed by atoms with van der Waals surface area (Å²) in [6.07, 6.45) is 2.21. The Morgan fingerprint density at radius 2 is 1.91 bits per heavy atom. The normalized spacial score (nSPS) is 12.3. The standard InChI is InChI=1S/C18H18FNO2/c1-13-4-2-3-5-16(13)17(21)12-20-18(22)11-8-14-6-9-15(19)10-7-14/h2-11,17,21H,12H2,1H3,(H,20,22)/b11-8+. The number of aliphatic hydroxyl groups excluding tert-OH is 1. The van der Waals surface area contributed by atoms with E-state index in [4.69, 9.17) is 0 Å². The van der Waals surface area contributed by atoms with Gasteiger partial charge in [0.1, 0.15) is 5.82 Å². The summed E-state index contributed by atoms with van der Waals surface area (Å²) < 4.78 is 12.8. The maximum Gasteiger partial charge on any atom is 0.244 e. The summed E-state index contributed by atoms with van der Waals surface area (Å²) in [6, 6.07) is 13.3. The lowest BCUT2D eigenvalue weighted by molar-refractivity contribution is -0.116.